The summed E-state index contributed by atoms with van der Waals surface area (Å²) in [6, 6.07) is 12.6. The summed E-state index contributed by atoms with van der Waals surface area (Å²) in [5.41, 5.74) is 1.32. The highest BCUT2D eigenvalue weighted by Crippen LogP contribution is 2.30. The molecule has 0 spiro atoms. The largest absolute Gasteiger partial charge is 0.573 e. The molecule has 2 aromatic carbocycles. The van der Waals surface area contributed by atoms with Gasteiger partial charge in [-0.1, -0.05) is 34.1 Å². The molecule has 1 aliphatic rings. The average molecular weight is 510 g/mol. The molecule has 1 aromatic heterocycles. The Morgan fingerprint density at radius 2 is 1.97 bits per heavy atom. The number of aromatic nitrogens is 2. The summed E-state index contributed by atoms with van der Waals surface area (Å²) in [5.74, 6) is 1.30. The molecular formula is C22H23BrF3N5O. The molecule has 1 atom stereocenters. The monoisotopic (exact) mass is 509 g/mol. The highest BCUT2D eigenvalue weighted by molar-refractivity contribution is 9.10. The van der Waals surface area contributed by atoms with Crippen LogP contribution in [0.25, 0.3) is 10.9 Å². The van der Waals surface area contributed by atoms with Crippen LogP contribution in [0.1, 0.15) is 12.0 Å². The van der Waals surface area contributed by atoms with Crippen LogP contribution in [0.4, 0.5) is 24.9 Å². The molecule has 1 saturated heterocycles. The molecule has 0 amide bonds. The Morgan fingerprint density at radius 3 is 2.72 bits per heavy atom. The van der Waals surface area contributed by atoms with Crippen LogP contribution in [0.5, 0.6) is 5.75 Å². The first kappa shape index (κ1) is 22.6. The predicted molar refractivity (Wildman–Crippen MR) is 122 cm³/mol. The van der Waals surface area contributed by atoms with Gasteiger partial charge in [-0.15, -0.1) is 13.2 Å². The van der Waals surface area contributed by atoms with Crippen molar-refractivity contribution in [1.29, 1.82) is 0 Å². The van der Waals surface area contributed by atoms with Crippen molar-refractivity contribution in [1.82, 2.24) is 15.3 Å². The van der Waals surface area contributed by atoms with Gasteiger partial charge in [0.25, 0.3) is 0 Å². The van der Waals surface area contributed by atoms with E-state index in [0.717, 1.165) is 29.7 Å². The fourth-order valence-corrected chi connectivity index (χ4v) is 4.13. The molecule has 0 radical (unpaired) electrons. The molecule has 6 nitrogen and oxygen atoms in total. The highest BCUT2D eigenvalue weighted by atomic mass is 79.9. The lowest BCUT2D eigenvalue weighted by Crippen LogP contribution is -2.33. The van der Waals surface area contributed by atoms with Gasteiger partial charge in [0.1, 0.15) is 11.6 Å². The first-order valence-corrected chi connectivity index (χ1v) is 11.0. The van der Waals surface area contributed by atoms with Gasteiger partial charge in [-0.2, -0.15) is 4.98 Å². The lowest BCUT2D eigenvalue weighted by molar-refractivity contribution is -0.274. The maximum absolute atomic E-state index is 12.8. The van der Waals surface area contributed by atoms with Crippen LogP contribution in [0.3, 0.4) is 0 Å². The number of benzene rings is 2. The zero-order chi connectivity index (χ0) is 22.9. The van der Waals surface area contributed by atoms with E-state index in [2.05, 4.69) is 30.9 Å². The summed E-state index contributed by atoms with van der Waals surface area (Å²) in [5, 5.41) is 4.34. The normalized spacial score (nSPS) is 16.6. The third kappa shape index (κ3) is 5.24. The smallest absolute Gasteiger partial charge is 0.405 e. The molecule has 0 aliphatic carbocycles. The molecule has 3 aromatic rings. The maximum atomic E-state index is 12.8. The van der Waals surface area contributed by atoms with Crippen molar-refractivity contribution in [2.75, 3.05) is 37.0 Å². The number of para-hydroxylation sites is 1. The molecule has 32 heavy (non-hydrogen) atoms. The van der Waals surface area contributed by atoms with Crippen LogP contribution in [0.2, 0.25) is 0 Å². The van der Waals surface area contributed by atoms with Gasteiger partial charge in [-0.05, 0) is 30.7 Å². The average Bonchev–Trinajstić information content (AvgIpc) is 3.20. The number of hydrogen-bond donors (Lipinski definition) is 1. The Kier molecular flexibility index (Phi) is 6.43. The van der Waals surface area contributed by atoms with Crippen molar-refractivity contribution in [3.05, 3.63) is 52.5 Å². The first-order valence-electron chi connectivity index (χ1n) is 10.2. The third-order valence-electron chi connectivity index (χ3n) is 5.30. The molecule has 4 rings (SSSR count). The van der Waals surface area contributed by atoms with Crippen LogP contribution < -0.4 is 19.9 Å². The van der Waals surface area contributed by atoms with Gasteiger partial charge >= 0.3 is 6.36 Å². The second-order valence-corrected chi connectivity index (χ2v) is 8.79. The molecular weight excluding hydrogens is 487 g/mol. The number of anilines is 2. The molecule has 10 heteroatoms. The Bertz CT molecular complexity index is 1110. The van der Waals surface area contributed by atoms with Gasteiger partial charge in [0.15, 0.2) is 0 Å². The minimum Gasteiger partial charge on any atom is -0.405 e. The molecule has 1 N–H and O–H groups in total. The molecule has 2 heterocycles. The maximum Gasteiger partial charge on any atom is 0.573 e. The van der Waals surface area contributed by atoms with Crippen molar-refractivity contribution in [2.45, 2.75) is 25.4 Å². The van der Waals surface area contributed by atoms with E-state index in [9.17, 15) is 13.2 Å². The number of ether oxygens (including phenoxy) is 1. The summed E-state index contributed by atoms with van der Waals surface area (Å²) in [7, 11) is 3.90. The van der Waals surface area contributed by atoms with E-state index >= 15 is 0 Å². The van der Waals surface area contributed by atoms with Crippen molar-refractivity contribution in [3.8, 4) is 5.75 Å². The second-order valence-electron chi connectivity index (χ2n) is 7.87. The van der Waals surface area contributed by atoms with Crippen molar-refractivity contribution >= 4 is 38.6 Å². The number of hydrogen-bond acceptors (Lipinski definition) is 6. The number of nitrogens with zero attached hydrogens (tertiary/aromatic N) is 4. The van der Waals surface area contributed by atoms with Crippen molar-refractivity contribution in [2.24, 2.45) is 0 Å². The Balaban J connectivity index is 1.46. The minimum absolute atomic E-state index is 0.0928. The minimum atomic E-state index is -4.74. The number of nitrogens with one attached hydrogen (secondary N) is 1. The number of rotatable bonds is 6. The quantitative estimate of drug-likeness (QED) is 0.518. The summed E-state index contributed by atoms with van der Waals surface area (Å²) in [6.07, 6.45) is -3.91. The van der Waals surface area contributed by atoms with Gasteiger partial charge in [0, 0.05) is 55.2 Å². The molecule has 1 fully saturated rings. The third-order valence-corrected chi connectivity index (χ3v) is 5.80. The Hall–Kier alpha value is -2.59. The van der Waals surface area contributed by atoms with E-state index < -0.39 is 6.36 Å². The molecule has 170 valence electrons. The van der Waals surface area contributed by atoms with Crippen molar-refractivity contribution < 1.29 is 17.9 Å². The van der Waals surface area contributed by atoms with Crippen LogP contribution in [0.15, 0.2) is 46.9 Å². The van der Waals surface area contributed by atoms with E-state index in [0.29, 0.717) is 22.5 Å². The Labute approximate surface area is 192 Å². The van der Waals surface area contributed by atoms with Gasteiger partial charge < -0.3 is 19.9 Å². The van der Waals surface area contributed by atoms with Crippen LogP contribution >= 0.6 is 15.9 Å². The first-order chi connectivity index (χ1) is 15.2. The fourth-order valence-electron chi connectivity index (χ4n) is 3.79. The fraction of sp³-hybridized carbons (Fsp3) is 0.364. The SMILES string of the molecule is CN(C)c1nc(N2CCC(NCc3ccc(Br)cc3OC(F)(F)F)C2)nc2ccccc12. The summed E-state index contributed by atoms with van der Waals surface area (Å²) < 4.78 is 43.0. The number of fused-ring (bicyclic) bond motifs is 1. The number of alkyl halides is 3. The standard InChI is InChI=1S/C22H23BrF3N5O/c1-30(2)20-17-5-3-4-6-18(17)28-21(29-20)31-10-9-16(13-31)27-12-14-7-8-15(23)11-19(14)32-22(24,25)26/h3-8,11,16,27H,9-10,12-13H2,1-2H3. The molecule has 1 aliphatic heterocycles. The van der Waals surface area contributed by atoms with Gasteiger partial charge in [-0.25, -0.2) is 4.98 Å². The number of halogens is 4. The van der Waals surface area contributed by atoms with Crippen LogP contribution in [-0.2, 0) is 6.54 Å². The summed E-state index contributed by atoms with van der Waals surface area (Å²) >= 11 is 3.20. The zero-order valence-corrected chi connectivity index (χ0v) is 19.2. The van der Waals surface area contributed by atoms with E-state index in [1.54, 1.807) is 12.1 Å². The van der Waals surface area contributed by atoms with Gasteiger partial charge in [0.05, 0.1) is 5.52 Å². The lowest BCUT2D eigenvalue weighted by Gasteiger charge is -2.21. The Morgan fingerprint density at radius 1 is 1.19 bits per heavy atom. The summed E-state index contributed by atoms with van der Waals surface area (Å²) in [6.45, 7) is 1.69. The zero-order valence-electron chi connectivity index (χ0n) is 17.7. The van der Waals surface area contributed by atoms with E-state index in [1.165, 1.54) is 6.07 Å². The summed E-state index contributed by atoms with van der Waals surface area (Å²) in [4.78, 5) is 13.6. The van der Waals surface area contributed by atoms with Gasteiger partial charge in [-0.3, -0.25) is 0 Å². The molecule has 1 unspecified atom stereocenters. The van der Waals surface area contributed by atoms with Crippen molar-refractivity contribution in [3.63, 3.8) is 0 Å². The van der Waals surface area contributed by atoms with E-state index in [1.807, 2.05) is 43.3 Å². The van der Waals surface area contributed by atoms with E-state index in [4.69, 9.17) is 9.97 Å². The van der Waals surface area contributed by atoms with E-state index in [-0.39, 0.29) is 18.3 Å². The predicted octanol–water partition coefficient (Wildman–Crippen LogP) is 4.73. The van der Waals surface area contributed by atoms with Crippen LogP contribution in [-0.4, -0.2) is 49.6 Å². The highest BCUT2D eigenvalue weighted by Gasteiger charge is 2.32. The topological polar surface area (TPSA) is 53.5 Å². The molecule has 0 bridgehead atoms. The molecule has 0 saturated carbocycles. The lowest BCUT2D eigenvalue weighted by atomic mass is 10.2. The second kappa shape index (κ2) is 9.11. The van der Waals surface area contributed by atoms with Gasteiger partial charge in [0.2, 0.25) is 5.95 Å². The van der Waals surface area contributed by atoms with Crippen LogP contribution in [0, 0.1) is 0 Å².